The van der Waals surface area contributed by atoms with Gasteiger partial charge < -0.3 is 15.2 Å². The standard InChI is InChI=1S/C17H19N3O2/c1-12-6-8-13(9-7-12)20-11-3-5-15(17(20)22)19-16(21)14-4-2-10-18-14/h2,4,6-10,15,18H,3,5,11H2,1H3,(H,19,21). The zero-order valence-corrected chi connectivity index (χ0v) is 12.5. The molecule has 2 N–H and O–H groups in total. The summed E-state index contributed by atoms with van der Waals surface area (Å²) in [6.45, 7) is 2.71. The number of anilines is 1. The van der Waals surface area contributed by atoms with Crippen LogP contribution in [-0.4, -0.2) is 29.4 Å². The average molecular weight is 297 g/mol. The van der Waals surface area contributed by atoms with Crippen molar-refractivity contribution in [2.45, 2.75) is 25.8 Å². The third kappa shape index (κ3) is 2.88. The molecule has 2 amide bonds. The molecular formula is C17H19N3O2. The lowest BCUT2D eigenvalue weighted by Crippen LogP contribution is -2.52. The number of carbonyl (C=O) groups excluding carboxylic acids is 2. The Morgan fingerprint density at radius 2 is 2.05 bits per heavy atom. The lowest BCUT2D eigenvalue weighted by molar-refractivity contribution is -0.121. The molecule has 1 aliphatic heterocycles. The number of hydrogen-bond donors (Lipinski definition) is 2. The predicted octanol–water partition coefficient (Wildman–Crippen LogP) is 2.25. The number of amides is 2. The number of aromatic nitrogens is 1. The maximum absolute atomic E-state index is 12.6. The van der Waals surface area contributed by atoms with Crippen molar-refractivity contribution in [1.82, 2.24) is 10.3 Å². The van der Waals surface area contributed by atoms with Crippen LogP contribution in [-0.2, 0) is 4.79 Å². The van der Waals surface area contributed by atoms with E-state index in [1.807, 2.05) is 31.2 Å². The van der Waals surface area contributed by atoms with Gasteiger partial charge in [0.2, 0.25) is 5.91 Å². The molecule has 114 valence electrons. The largest absolute Gasteiger partial charge is 0.357 e. The first-order valence-electron chi connectivity index (χ1n) is 7.47. The van der Waals surface area contributed by atoms with Gasteiger partial charge in [-0.3, -0.25) is 9.59 Å². The maximum atomic E-state index is 12.6. The first-order chi connectivity index (χ1) is 10.6. The van der Waals surface area contributed by atoms with Crippen LogP contribution in [0.3, 0.4) is 0 Å². The highest BCUT2D eigenvalue weighted by molar-refractivity contribution is 6.02. The second-order valence-corrected chi connectivity index (χ2v) is 5.58. The van der Waals surface area contributed by atoms with E-state index < -0.39 is 6.04 Å². The molecule has 1 aromatic carbocycles. The SMILES string of the molecule is Cc1ccc(N2CCCC(NC(=O)c3ccc[nH]3)C2=O)cc1. The van der Waals surface area contributed by atoms with Gasteiger partial charge in [-0.15, -0.1) is 0 Å². The topological polar surface area (TPSA) is 65.2 Å². The number of rotatable bonds is 3. The summed E-state index contributed by atoms with van der Waals surface area (Å²) < 4.78 is 0. The molecule has 0 spiro atoms. The molecule has 1 aliphatic rings. The zero-order valence-electron chi connectivity index (χ0n) is 12.5. The highest BCUT2D eigenvalue weighted by Gasteiger charge is 2.31. The van der Waals surface area contributed by atoms with Crippen LogP contribution >= 0.6 is 0 Å². The third-order valence-corrected chi connectivity index (χ3v) is 3.93. The number of carbonyl (C=O) groups is 2. The van der Waals surface area contributed by atoms with Crippen LogP contribution < -0.4 is 10.2 Å². The maximum Gasteiger partial charge on any atom is 0.268 e. The Hall–Kier alpha value is -2.56. The van der Waals surface area contributed by atoms with Crippen molar-refractivity contribution in [2.75, 3.05) is 11.4 Å². The number of nitrogens with one attached hydrogen (secondary N) is 2. The normalized spacial score (nSPS) is 18.3. The number of hydrogen-bond acceptors (Lipinski definition) is 2. The van der Waals surface area contributed by atoms with E-state index in [4.69, 9.17) is 0 Å². The molecule has 2 aromatic rings. The smallest absolute Gasteiger partial charge is 0.268 e. The minimum atomic E-state index is -0.467. The van der Waals surface area contributed by atoms with E-state index in [2.05, 4.69) is 10.3 Å². The number of benzene rings is 1. The summed E-state index contributed by atoms with van der Waals surface area (Å²) in [5, 5.41) is 2.82. The Morgan fingerprint density at radius 3 is 2.73 bits per heavy atom. The van der Waals surface area contributed by atoms with Crippen molar-refractivity contribution in [2.24, 2.45) is 0 Å². The quantitative estimate of drug-likeness (QED) is 0.912. The molecular weight excluding hydrogens is 278 g/mol. The van der Waals surface area contributed by atoms with E-state index in [9.17, 15) is 9.59 Å². The van der Waals surface area contributed by atoms with Gasteiger partial charge >= 0.3 is 0 Å². The van der Waals surface area contributed by atoms with Crippen LogP contribution in [0.15, 0.2) is 42.6 Å². The molecule has 2 heterocycles. The molecule has 1 fully saturated rings. The molecule has 22 heavy (non-hydrogen) atoms. The summed E-state index contributed by atoms with van der Waals surface area (Å²) in [6.07, 6.45) is 3.24. The van der Waals surface area contributed by atoms with Gasteiger partial charge in [0, 0.05) is 18.4 Å². The van der Waals surface area contributed by atoms with Crippen molar-refractivity contribution in [3.8, 4) is 0 Å². The number of aromatic amines is 1. The fourth-order valence-corrected chi connectivity index (χ4v) is 2.70. The van der Waals surface area contributed by atoms with E-state index in [1.165, 1.54) is 0 Å². The van der Waals surface area contributed by atoms with Crippen LogP contribution in [0.2, 0.25) is 0 Å². The molecule has 0 saturated carbocycles. The molecule has 5 heteroatoms. The van der Waals surface area contributed by atoms with Crippen molar-refractivity contribution >= 4 is 17.5 Å². The van der Waals surface area contributed by atoms with Crippen LogP contribution in [0.5, 0.6) is 0 Å². The summed E-state index contributed by atoms with van der Waals surface area (Å²) in [5.74, 6) is -0.288. The third-order valence-electron chi connectivity index (χ3n) is 3.93. The van der Waals surface area contributed by atoms with Crippen LogP contribution in [0.1, 0.15) is 28.9 Å². The zero-order chi connectivity index (χ0) is 15.5. The monoisotopic (exact) mass is 297 g/mol. The fraction of sp³-hybridized carbons (Fsp3) is 0.294. The van der Waals surface area contributed by atoms with Crippen molar-refractivity contribution in [1.29, 1.82) is 0 Å². The van der Waals surface area contributed by atoms with E-state index in [-0.39, 0.29) is 11.8 Å². The summed E-state index contributed by atoms with van der Waals surface area (Å²) in [7, 11) is 0. The van der Waals surface area contributed by atoms with Crippen LogP contribution in [0.25, 0.3) is 0 Å². The number of nitrogens with zero attached hydrogens (tertiary/aromatic N) is 1. The van der Waals surface area contributed by atoms with Crippen LogP contribution in [0.4, 0.5) is 5.69 Å². The van der Waals surface area contributed by atoms with E-state index in [0.717, 1.165) is 17.7 Å². The van der Waals surface area contributed by atoms with E-state index in [0.29, 0.717) is 18.7 Å². The first-order valence-corrected chi connectivity index (χ1v) is 7.47. The molecule has 5 nitrogen and oxygen atoms in total. The Morgan fingerprint density at radius 1 is 1.27 bits per heavy atom. The highest BCUT2D eigenvalue weighted by atomic mass is 16.2. The van der Waals surface area contributed by atoms with Gasteiger partial charge in [0.1, 0.15) is 11.7 Å². The lowest BCUT2D eigenvalue weighted by atomic mass is 10.0. The Kier molecular flexibility index (Phi) is 3.96. The molecule has 1 unspecified atom stereocenters. The second kappa shape index (κ2) is 6.05. The molecule has 0 radical (unpaired) electrons. The Balaban J connectivity index is 1.72. The minimum Gasteiger partial charge on any atom is -0.357 e. The molecule has 1 saturated heterocycles. The molecule has 0 bridgehead atoms. The van der Waals surface area contributed by atoms with Gasteiger partial charge in [-0.05, 0) is 44.0 Å². The van der Waals surface area contributed by atoms with Gasteiger partial charge in [0.25, 0.3) is 5.91 Å². The van der Waals surface area contributed by atoms with Crippen molar-refractivity contribution in [3.63, 3.8) is 0 Å². The highest BCUT2D eigenvalue weighted by Crippen LogP contribution is 2.21. The fourth-order valence-electron chi connectivity index (χ4n) is 2.70. The van der Waals surface area contributed by atoms with E-state index >= 15 is 0 Å². The number of aryl methyl sites for hydroxylation is 1. The van der Waals surface area contributed by atoms with Crippen molar-refractivity contribution < 1.29 is 9.59 Å². The summed E-state index contributed by atoms with van der Waals surface area (Å²) in [5.41, 5.74) is 2.51. The minimum absolute atomic E-state index is 0.0463. The molecule has 3 rings (SSSR count). The van der Waals surface area contributed by atoms with Gasteiger partial charge in [-0.2, -0.15) is 0 Å². The van der Waals surface area contributed by atoms with Gasteiger partial charge in [-0.1, -0.05) is 17.7 Å². The van der Waals surface area contributed by atoms with Crippen LogP contribution in [0, 0.1) is 6.92 Å². The Bertz CT molecular complexity index is 662. The van der Waals surface area contributed by atoms with Gasteiger partial charge in [0.05, 0.1) is 0 Å². The summed E-state index contributed by atoms with van der Waals surface area (Å²) in [6, 6.07) is 10.9. The van der Waals surface area contributed by atoms with Crippen molar-refractivity contribution in [3.05, 3.63) is 53.9 Å². The Labute approximate surface area is 129 Å². The molecule has 0 aliphatic carbocycles. The molecule has 1 atom stereocenters. The average Bonchev–Trinajstić information content (AvgIpc) is 3.05. The number of H-pyrrole nitrogens is 1. The molecule has 1 aromatic heterocycles. The van der Waals surface area contributed by atoms with E-state index in [1.54, 1.807) is 23.2 Å². The summed E-state index contributed by atoms with van der Waals surface area (Å²) in [4.78, 5) is 29.3. The lowest BCUT2D eigenvalue weighted by Gasteiger charge is -2.32. The predicted molar refractivity (Wildman–Crippen MR) is 84.8 cm³/mol. The van der Waals surface area contributed by atoms with Gasteiger partial charge in [0.15, 0.2) is 0 Å². The summed E-state index contributed by atoms with van der Waals surface area (Å²) >= 11 is 0. The second-order valence-electron chi connectivity index (χ2n) is 5.58. The first kappa shape index (κ1) is 14.4. The number of piperidine rings is 1. The van der Waals surface area contributed by atoms with Gasteiger partial charge in [-0.25, -0.2) is 0 Å².